The molecule has 0 unspecified atom stereocenters. The van der Waals surface area contributed by atoms with Crippen LogP contribution in [0, 0.1) is 0 Å². The molecule has 0 bridgehead atoms. The van der Waals surface area contributed by atoms with E-state index in [0.29, 0.717) is 0 Å². The summed E-state index contributed by atoms with van der Waals surface area (Å²) >= 11 is 3.55. The molecule has 0 spiro atoms. The highest BCUT2D eigenvalue weighted by Crippen LogP contribution is 2.01. The predicted molar refractivity (Wildman–Crippen MR) is 69.7 cm³/mol. The largest absolute Gasteiger partial charge is 0.516 e. The SMILES string of the molecule is CCCCCC/C=C/O.IOI. The van der Waals surface area contributed by atoms with Gasteiger partial charge in [0.2, 0.25) is 0 Å². The van der Waals surface area contributed by atoms with E-state index in [4.69, 9.17) is 5.11 Å². The Balaban J connectivity index is 0. The van der Waals surface area contributed by atoms with Crippen molar-refractivity contribution in [2.24, 2.45) is 0 Å². The minimum absolute atomic E-state index is 1.02. The van der Waals surface area contributed by atoms with Crippen molar-refractivity contribution in [1.82, 2.24) is 0 Å². The Morgan fingerprint density at radius 1 is 1.25 bits per heavy atom. The van der Waals surface area contributed by atoms with Crippen LogP contribution in [0.5, 0.6) is 0 Å². The summed E-state index contributed by atoms with van der Waals surface area (Å²) in [6.45, 7) is 2.20. The van der Waals surface area contributed by atoms with Gasteiger partial charge in [0.05, 0.1) is 6.26 Å². The van der Waals surface area contributed by atoms with Gasteiger partial charge in [-0.15, -0.1) is 0 Å². The number of rotatable bonds is 5. The third kappa shape index (κ3) is 22.4. The first-order valence-corrected chi connectivity index (χ1v) is 5.78. The van der Waals surface area contributed by atoms with Crippen molar-refractivity contribution in [3.63, 3.8) is 0 Å². The van der Waals surface area contributed by atoms with Crippen LogP contribution in [0.3, 0.4) is 0 Å². The molecule has 74 valence electrons. The highest BCUT2D eigenvalue weighted by molar-refractivity contribution is 14.2. The third-order valence-electron chi connectivity index (χ3n) is 1.33. The smallest absolute Gasteiger partial charge is 0.124 e. The Kier molecular flexibility index (Phi) is 23.0. The van der Waals surface area contributed by atoms with Gasteiger partial charge in [0.15, 0.2) is 0 Å². The molecule has 12 heavy (non-hydrogen) atoms. The molecule has 0 rings (SSSR count). The number of aliphatic hydroxyl groups excluding tert-OH is 1. The first kappa shape index (κ1) is 15.4. The van der Waals surface area contributed by atoms with Crippen molar-refractivity contribution in [1.29, 1.82) is 0 Å². The van der Waals surface area contributed by atoms with E-state index in [1.165, 1.54) is 25.7 Å². The van der Waals surface area contributed by atoms with Crippen molar-refractivity contribution in [2.75, 3.05) is 0 Å². The molecule has 1 N–H and O–H groups in total. The second kappa shape index (κ2) is 17.9. The van der Waals surface area contributed by atoms with Crippen molar-refractivity contribution < 1.29 is 6.50 Å². The van der Waals surface area contributed by atoms with Crippen LogP contribution in [-0.2, 0) is 1.40 Å². The van der Waals surface area contributed by atoms with E-state index in [1.807, 2.05) is 0 Å². The van der Waals surface area contributed by atoms with Gasteiger partial charge in [0.25, 0.3) is 0 Å². The molecular weight excluding hydrogens is 382 g/mol. The molecule has 0 aromatic heterocycles. The second-order valence-corrected chi connectivity index (χ2v) is 4.86. The van der Waals surface area contributed by atoms with Gasteiger partial charge < -0.3 is 5.11 Å². The normalized spacial score (nSPS) is 9.58. The van der Waals surface area contributed by atoms with E-state index < -0.39 is 0 Å². The Morgan fingerprint density at radius 3 is 2.25 bits per heavy atom. The summed E-state index contributed by atoms with van der Waals surface area (Å²) in [7, 11) is 0. The maximum absolute atomic E-state index is 8.24. The summed E-state index contributed by atoms with van der Waals surface area (Å²) in [5.74, 6) is 0. The molecule has 2 nitrogen and oxygen atoms in total. The second-order valence-electron chi connectivity index (χ2n) is 2.29. The van der Waals surface area contributed by atoms with Gasteiger partial charge in [0, 0.05) is 0 Å². The highest BCUT2D eigenvalue weighted by Gasteiger charge is 1.82. The maximum atomic E-state index is 8.24. The molecule has 0 atom stereocenters. The molecule has 0 saturated carbocycles. The van der Waals surface area contributed by atoms with Gasteiger partial charge in [-0.3, -0.25) is 0 Å². The predicted octanol–water partition coefficient (Wildman–Crippen LogP) is 4.73. The summed E-state index contributed by atoms with van der Waals surface area (Å²) < 4.78 is 4.19. The fraction of sp³-hybridized carbons (Fsp3) is 0.750. The number of allylic oxidation sites excluding steroid dienone is 1. The number of hydrogen-bond donors (Lipinski definition) is 1. The number of halogens is 2. The van der Waals surface area contributed by atoms with E-state index in [0.717, 1.165) is 12.7 Å². The van der Waals surface area contributed by atoms with Crippen molar-refractivity contribution >= 4 is 46.0 Å². The summed E-state index contributed by atoms with van der Waals surface area (Å²) in [5.41, 5.74) is 0. The number of aliphatic hydroxyl groups is 1. The Bertz CT molecular complexity index is 87.1. The first-order chi connectivity index (χ1) is 5.83. The summed E-state index contributed by atoms with van der Waals surface area (Å²) in [6.07, 6.45) is 9.06. The van der Waals surface area contributed by atoms with Gasteiger partial charge >= 0.3 is 0 Å². The molecule has 0 aliphatic heterocycles. The van der Waals surface area contributed by atoms with Gasteiger partial charge in [0.1, 0.15) is 46.0 Å². The first-order valence-electron chi connectivity index (χ1n) is 4.02. The number of unbranched alkanes of at least 4 members (excludes halogenated alkanes) is 4. The molecule has 0 aromatic rings. The van der Waals surface area contributed by atoms with Gasteiger partial charge in [-0.05, 0) is 12.8 Å². The zero-order chi connectivity index (χ0) is 9.66. The quantitative estimate of drug-likeness (QED) is 0.412. The van der Waals surface area contributed by atoms with Crippen LogP contribution >= 0.6 is 46.0 Å². The van der Waals surface area contributed by atoms with Gasteiger partial charge in [-0.25, -0.2) is 1.40 Å². The standard InChI is InChI=1S/C8H16O.I2O/c1-2-3-4-5-6-7-8-9;1-3-2/h7-9H,2-6H2,1H3;/b8-7+;. The van der Waals surface area contributed by atoms with E-state index in [9.17, 15) is 0 Å². The molecule has 0 saturated heterocycles. The molecular formula is C8H16I2O2. The van der Waals surface area contributed by atoms with Crippen LogP contribution in [0.15, 0.2) is 12.3 Å². The van der Waals surface area contributed by atoms with E-state index >= 15 is 0 Å². The Hall–Kier alpha value is 0.960. The summed E-state index contributed by atoms with van der Waals surface area (Å²) in [4.78, 5) is 0. The van der Waals surface area contributed by atoms with Crippen LogP contribution in [0.2, 0.25) is 0 Å². The Morgan fingerprint density at radius 2 is 1.83 bits per heavy atom. The lowest BCUT2D eigenvalue weighted by atomic mass is 10.2. The molecule has 0 aromatic carbocycles. The minimum atomic E-state index is 1.02. The maximum Gasteiger partial charge on any atom is 0.124 e. The van der Waals surface area contributed by atoms with Crippen LogP contribution in [0.25, 0.3) is 0 Å². The average molecular weight is 398 g/mol. The lowest BCUT2D eigenvalue weighted by Crippen LogP contribution is -1.72. The fourth-order valence-corrected chi connectivity index (χ4v) is 0.764. The topological polar surface area (TPSA) is 29.5 Å². The van der Waals surface area contributed by atoms with Crippen LogP contribution < -0.4 is 0 Å². The molecule has 0 fully saturated rings. The van der Waals surface area contributed by atoms with Gasteiger partial charge in [-0.2, -0.15) is 0 Å². The minimum Gasteiger partial charge on any atom is -0.516 e. The van der Waals surface area contributed by atoms with Crippen LogP contribution in [0.4, 0.5) is 0 Å². The zero-order valence-corrected chi connectivity index (χ0v) is 11.6. The fourth-order valence-electron chi connectivity index (χ4n) is 0.764. The van der Waals surface area contributed by atoms with E-state index in [-0.39, 0.29) is 0 Å². The van der Waals surface area contributed by atoms with Crippen molar-refractivity contribution in [3.8, 4) is 0 Å². The van der Waals surface area contributed by atoms with Crippen LogP contribution in [-0.4, -0.2) is 5.11 Å². The van der Waals surface area contributed by atoms with E-state index in [2.05, 4.69) is 8.32 Å². The molecule has 0 amide bonds. The molecule has 0 radical (unpaired) electrons. The number of hydrogen-bond acceptors (Lipinski definition) is 2. The van der Waals surface area contributed by atoms with Gasteiger partial charge in [-0.1, -0.05) is 32.3 Å². The average Bonchev–Trinajstić information content (AvgIpc) is 2.06. The molecule has 0 heterocycles. The van der Waals surface area contributed by atoms with Crippen LogP contribution in [0.1, 0.15) is 39.0 Å². The monoisotopic (exact) mass is 398 g/mol. The highest BCUT2D eigenvalue weighted by atomic mass is 127. The lowest BCUT2D eigenvalue weighted by molar-refractivity contribution is 0.469. The molecule has 0 aliphatic rings. The molecule has 0 aliphatic carbocycles. The molecule has 4 heteroatoms. The van der Waals surface area contributed by atoms with E-state index in [1.54, 1.807) is 52.1 Å². The van der Waals surface area contributed by atoms with Crippen molar-refractivity contribution in [2.45, 2.75) is 39.0 Å². The zero-order valence-electron chi connectivity index (χ0n) is 7.30. The third-order valence-corrected chi connectivity index (χ3v) is 1.33. The lowest BCUT2D eigenvalue weighted by Gasteiger charge is -1.92. The summed E-state index contributed by atoms with van der Waals surface area (Å²) in [6, 6.07) is 0. The Labute approximate surface area is 103 Å². The van der Waals surface area contributed by atoms with Crippen molar-refractivity contribution in [3.05, 3.63) is 12.3 Å². The summed E-state index contributed by atoms with van der Waals surface area (Å²) in [5, 5.41) is 8.24.